The second-order valence-corrected chi connectivity index (χ2v) is 5.54. The van der Waals surface area contributed by atoms with Crippen LogP contribution in [0.1, 0.15) is 24.1 Å². The zero-order chi connectivity index (χ0) is 14.0. The molecule has 0 bridgehead atoms. The quantitative estimate of drug-likeness (QED) is 0.737. The monoisotopic (exact) mass is 321 g/mol. The highest BCUT2D eigenvalue weighted by Gasteiger charge is 2.11. The molecule has 0 saturated carbocycles. The van der Waals surface area contributed by atoms with Crippen molar-refractivity contribution in [1.82, 2.24) is 0 Å². The van der Waals surface area contributed by atoms with Gasteiger partial charge in [0.1, 0.15) is 11.5 Å². The molecule has 1 unspecified atom stereocenters. The van der Waals surface area contributed by atoms with E-state index in [2.05, 4.69) is 21.2 Å². The van der Waals surface area contributed by atoms with Gasteiger partial charge in [0.25, 0.3) is 0 Å². The fourth-order valence-electron chi connectivity index (χ4n) is 2.04. The molecule has 0 aliphatic rings. The molecule has 1 atom stereocenters. The molecule has 0 saturated heterocycles. The van der Waals surface area contributed by atoms with Crippen LogP contribution in [0.3, 0.4) is 0 Å². The van der Waals surface area contributed by atoms with Crippen molar-refractivity contribution in [3.63, 3.8) is 0 Å². The van der Waals surface area contributed by atoms with E-state index >= 15 is 0 Å². The number of halogens is 1. The number of rotatable bonds is 3. The largest absolute Gasteiger partial charge is 0.508 e. The Morgan fingerprint density at radius 2 is 1.84 bits per heavy atom. The molecule has 0 radical (unpaired) electrons. The Hall–Kier alpha value is -1.68. The van der Waals surface area contributed by atoms with E-state index < -0.39 is 0 Å². The van der Waals surface area contributed by atoms with Gasteiger partial charge in [-0.2, -0.15) is 0 Å². The van der Waals surface area contributed by atoms with Crippen LogP contribution in [0.25, 0.3) is 0 Å². The lowest BCUT2D eigenvalue weighted by Crippen LogP contribution is -2.07. The molecule has 0 amide bonds. The average molecular weight is 322 g/mol. The summed E-state index contributed by atoms with van der Waals surface area (Å²) >= 11 is 3.46. The zero-order valence-corrected chi connectivity index (χ0v) is 12.4. The van der Waals surface area contributed by atoms with Crippen molar-refractivity contribution in [2.45, 2.75) is 19.9 Å². The number of phenolic OH excluding ortho intramolecular Hbond substituents is 2. The molecule has 2 aromatic carbocycles. The van der Waals surface area contributed by atoms with E-state index in [-0.39, 0.29) is 17.5 Å². The maximum Gasteiger partial charge on any atom is 0.121 e. The van der Waals surface area contributed by atoms with Crippen LogP contribution in [0.5, 0.6) is 11.5 Å². The first-order valence-electron chi connectivity index (χ1n) is 6.01. The molecule has 0 aromatic heterocycles. The Kier molecular flexibility index (Phi) is 4.00. The predicted octanol–water partition coefficient (Wildman–Crippen LogP) is 4.34. The third-order valence-corrected chi connectivity index (χ3v) is 3.36. The van der Waals surface area contributed by atoms with Crippen LogP contribution in [0.2, 0.25) is 0 Å². The Morgan fingerprint density at radius 1 is 1.11 bits per heavy atom. The Balaban J connectivity index is 2.25. The number of benzene rings is 2. The molecule has 0 aliphatic heterocycles. The van der Waals surface area contributed by atoms with Gasteiger partial charge in [-0.1, -0.05) is 15.9 Å². The van der Waals surface area contributed by atoms with Gasteiger partial charge in [-0.3, -0.25) is 0 Å². The molecule has 0 spiro atoms. The first-order chi connectivity index (χ1) is 8.95. The van der Waals surface area contributed by atoms with Crippen LogP contribution in [-0.4, -0.2) is 10.2 Å². The molecular weight excluding hydrogens is 306 g/mol. The molecule has 100 valence electrons. The summed E-state index contributed by atoms with van der Waals surface area (Å²) in [6, 6.07) is 10.5. The second-order valence-electron chi connectivity index (χ2n) is 4.63. The number of hydrogen-bond acceptors (Lipinski definition) is 3. The third kappa shape index (κ3) is 3.41. The minimum atomic E-state index is -0.110. The SMILES string of the molecule is Cc1cc(Br)cc(NC(C)c2cc(O)ccc2O)c1. The fraction of sp³-hybridized carbons (Fsp3) is 0.200. The summed E-state index contributed by atoms with van der Waals surface area (Å²) in [6.07, 6.45) is 0. The Labute approximate surface area is 121 Å². The van der Waals surface area contributed by atoms with Crippen molar-refractivity contribution >= 4 is 21.6 Å². The fourth-order valence-corrected chi connectivity index (χ4v) is 2.64. The lowest BCUT2D eigenvalue weighted by molar-refractivity contribution is 0.451. The third-order valence-electron chi connectivity index (χ3n) is 2.90. The van der Waals surface area contributed by atoms with Gasteiger partial charge in [-0.05, 0) is 55.8 Å². The number of aromatic hydroxyl groups is 2. The van der Waals surface area contributed by atoms with Crippen molar-refractivity contribution in [2.24, 2.45) is 0 Å². The van der Waals surface area contributed by atoms with E-state index in [9.17, 15) is 10.2 Å². The first kappa shape index (κ1) is 13.7. The first-order valence-corrected chi connectivity index (χ1v) is 6.80. The molecule has 0 heterocycles. The standard InChI is InChI=1S/C15H16BrNO2/c1-9-5-11(16)7-12(6-9)17-10(2)14-8-13(18)3-4-15(14)19/h3-8,10,17-19H,1-2H3. The van der Waals surface area contributed by atoms with E-state index in [1.807, 2.05) is 32.0 Å². The summed E-state index contributed by atoms with van der Waals surface area (Å²) in [5.41, 5.74) is 2.77. The molecule has 4 heteroatoms. The highest BCUT2D eigenvalue weighted by atomic mass is 79.9. The van der Waals surface area contributed by atoms with Gasteiger partial charge < -0.3 is 15.5 Å². The summed E-state index contributed by atoms with van der Waals surface area (Å²) in [5.74, 6) is 0.316. The van der Waals surface area contributed by atoms with Gasteiger partial charge in [0.05, 0.1) is 6.04 Å². The lowest BCUT2D eigenvalue weighted by atomic mass is 10.1. The topological polar surface area (TPSA) is 52.5 Å². The van der Waals surface area contributed by atoms with Crippen molar-refractivity contribution in [2.75, 3.05) is 5.32 Å². The van der Waals surface area contributed by atoms with E-state index in [1.54, 1.807) is 6.07 Å². The van der Waals surface area contributed by atoms with Crippen LogP contribution >= 0.6 is 15.9 Å². The molecule has 19 heavy (non-hydrogen) atoms. The predicted molar refractivity (Wildman–Crippen MR) is 80.7 cm³/mol. The van der Waals surface area contributed by atoms with Crippen LogP contribution in [0, 0.1) is 6.92 Å². The van der Waals surface area contributed by atoms with Crippen molar-refractivity contribution in [3.8, 4) is 11.5 Å². The summed E-state index contributed by atoms with van der Waals surface area (Å²) in [5, 5.41) is 22.6. The van der Waals surface area contributed by atoms with E-state index in [0.29, 0.717) is 5.56 Å². The highest BCUT2D eigenvalue weighted by molar-refractivity contribution is 9.10. The van der Waals surface area contributed by atoms with Crippen LogP contribution in [0.4, 0.5) is 5.69 Å². The molecule has 3 nitrogen and oxygen atoms in total. The van der Waals surface area contributed by atoms with Gasteiger partial charge in [0, 0.05) is 15.7 Å². The smallest absolute Gasteiger partial charge is 0.121 e. The highest BCUT2D eigenvalue weighted by Crippen LogP contribution is 2.30. The lowest BCUT2D eigenvalue weighted by Gasteiger charge is -2.18. The van der Waals surface area contributed by atoms with E-state index in [0.717, 1.165) is 15.7 Å². The Morgan fingerprint density at radius 3 is 2.53 bits per heavy atom. The van der Waals surface area contributed by atoms with Gasteiger partial charge in [-0.15, -0.1) is 0 Å². The molecule has 0 aliphatic carbocycles. The van der Waals surface area contributed by atoms with E-state index in [1.165, 1.54) is 12.1 Å². The number of anilines is 1. The summed E-state index contributed by atoms with van der Waals surface area (Å²) in [6.45, 7) is 3.96. The number of nitrogens with one attached hydrogen (secondary N) is 1. The van der Waals surface area contributed by atoms with Gasteiger partial charge in [0.2, 0.25) is 0 Å². The minimum Gasteiger partial charge on any atom is -0.508 e. The Bertz CT molecular complexity index is 578. The average Bonchev–Trinajstić information content (AvgIpc) is 2.30. The van der Waals surface area contributed by atoms with Crippen molar-refractivity contribution in [1.29, 1.82) is 0 Å². The van der Waals surface area contributed by atoms with Crippen molar-refractivity contribution in [3.05, 3.63) is 52.0 Å². The van der Waals surface area contributed by atoms with Crippen LogP contribution < -0.4 is 5.32 Å². The second kappa shape index (κ2) is 5.53. The molecule has 0 fully saturated rings. The van der Waals surface area contributed by atoms with Crippen LogP contribution in [-0.2, 0) is 0 Å². The molecule has 2 aromatic rings. The zero-order valence-electron chi connectivity index (χ0n) is 10.8. The van der Waals surface area contributed by atoms with Crippen molar-refractivity contribution < 1.29 is 10.2 Å². The molecule has 2 rings (SSSR count). The normalized spacial score (nSPS) is 12.2. The molecule has 3 N–H and O–H groups in total. The van der Waals surface area contributed by atoms with Crippen LogP contribution in [0.15, 0.2) is 40.9 Å². The summed E-state index contributed by atoms with van der Waals surface area (Å²) in [4.78, 5) is 0. The summed E-state index contributed by atoms with van der Waals surface area (Å²) in [7, 11) is 0. The van der Waals surface area contributed by atoms with Gasteiger partial charge >= 0.3 is 0 Å². The summed E-state index contributed by atoms with van der Waals surface area (Å²) < 4.78 is 1.00. The molecular formula is C15H16BrNO2. The number of aryl methyl sites for hydroxylation is 1. The van der Waals surface area contributed by atoms with Gasteiger partial charge in [0.15, 0.2) is 0 Å². The minimum absolute atomic E-state index is 0.110. The maximum absolute atomic E-state index is 9.83. The number of phenols is 2. The maximum atomic E-state index is 9.83. The number of hydrogen-bond donors (Lipinski definition) is 3. The van der Waals surface area contributed by atoms with E-state index in [4.69, 9.17) is 0 Å². The van der Waals surface area contributed by atoms with Gasteiger partial charge in [-0.25, -0.2) is 0 Å².